The average molecular weight is 678 g/mol. The van der Waals surface area contributed by atoms with Gasteiger partial charge in [-0.3, -0.25) is 9.59 Å². The van der Waals surface area contributed by atoms with E-state index in [1.54, 1.807) is 60.7 Å². The van der Waals surface area contributed by atoms with Gasteiger partial charge in [0.2, 0.25) is 0 Å². The fraction of sp³-hybridized carbons (Fsp3) is 0.278. The molecule has 7 N–H and O–H groups in total. The second kappa shape index (κ2) is 25.6. The van der Waals surface area contributed by atoms with Gasteiger partial charge in [0, 0.05) is 33.9 Å². The van der Waals surface area contributed by atoms with E-state index in [9.17, 15) is 9.59 Å². The van der Waals surface area contributed by atoms with Gasteiger partial charge in [0.1, 0.15) is 0 Å². The lowest BCUT2D eigenvalue weighted by Gasteiger charge is -2.06. The molecular weight excluding hydrogens is 627 g/mol. The molecule has 0 saturated carbocycles. The molecule has 0 fully saturated rings. The van der Waals surface area contributed by atoms with Gasteiger partial charge in [-0.15, -0.1) is 24.8 Å². The molecule has 9 heteroatoms. The summed E-state index contributed by atoms with van der Waals surface area (Å²) in [7, 11) is 0. The van der Waals surface area contributed by atoms with Crippen LogP contribution in [0.4, 0.5) is 22.7 Å². The molecule has 1 amide bonds. The third kappa shape index (κ3) is 18.6. The molecule has 0 spiro atoms. The largest absolute Gasteiger partial charge is 0.399 e. The molecule has 0 saturated heterocycles. The second-order valence-electron chi connectivity index (χ2n) is 9.62. The summed E-state index contributed by atoms with van der Waals surface area (Å²) in [5.41, 5.74) is 23.1. The van der Waals surface area contributed by atoms with Crippen molar-refractivity contribution < 1.29 is 9.59 Å². The van der Waals surface area contributed by atoms with Gasteiger partial charge in [-0.1, -0.05) is 65.8 Å². The standard InChI is InChI=1S/C17H20N2O.C11H13ClO.C6H8N2.2CH4.2ClH/c1-2-3-4-13-5-7-14(8-6-13)17(20)19-16-11-9-15(18)10-12-16;1-2-3-4-9-5-7-10(8-6-9)11(12)13;7-5-1-2-6(8)4-3-5;;;;/h5-12H,2-4,18H2,1H3,(H,19,20);5-8H,2-4H2,1H3;1-4H,7-8H2;2*1H4;2*1H. The quantitative estimate of drug-likeness (QED) is 0.104. The van der Waals surface area contributed by atoms with E-state index in [1.807, 2.05) is 36.4 Å². The maximum Gasteiger partial charge on any atom is 0.255 e. The van der Waals surface area contributed by atoms with Crippen LogP contribution in [0.1, 0.15) is 86.2 Å². The van der Waals surface area contributed by atoms with Crippen molar-refractivity contribution in [1.29, 1.82) is 0 Å². The number of anilines is 4. The third-order valence-electron chi connectivity index (χ3n) is 6.14. The fourth-order valence-corrected chi connectivity index (χ4v) is 3.78. The molecular formula is C36H51Cl3N4O2. The van der Waals surface area contributed by atoms with Crippen LogP contribution in [0.5, 0.6) is 0 Å². The Kier molecular flexibility index (Phi) is 26.0. The summed E-state index contributed by atoms with van der Waals surface area (Å²) >= 11 is 5.32. The number of aryl methyl sites for hydroxylation is 2. The topological polar surface area (TPSA) is 124 Å². The minimum absolute atomic E-state index is 0. The van der Waals surface area contributed by atoms with Crippen molar-refractivity contribution in [3.63, 3.8) is 0 Å². The highest BCUT2D eigenvalue weighted by atomic mass is 35.5. The van der Waals surface area contributed by atoms with E-state index < -0.39 is 0 Å². The molecule has 4 rings (SSSR count). The summed E-state index contributed by atoms with van der Waals surface area (Å²) in [4.78, 5) is 22.8. The number of rotatable bonds is 9. The molecule has 0 atom stereocenters. The maximum atomic E-state index is 12.1. The Hall–Kier alpha value is -3.71. The first-order valence-electron chi connectivity index (χ1n) is 13.9. The summed E-state index contributed by atoms with van der Waals surface area (Å²) < 4.78 is 0. The summed E-state index contributed by atoms with van der Waals surface area (Å²) in [6, 6.07) is 29.5. The molecule has 248 valence electrons. The lowest BCUT2D eigenvalue weighted by Crippen LogP contribution is -2.11. The molecule has 0 unspecified atom stereocenters. The Labute approximate surface area is 288 Å². The molecule has 0 aliphatic heterocycles. The molecule has 4 aromatic carbocycles. The number of benzene rings is 4. The second-order valence-corrected chi connectivity index (χ2v) is 9.96. The van der Waals surface area contributed by atoms with E-state index in [0.717, 1.165) is 29.9 Å². The van der Waals surface area contributed by atoms with Crippen molar-refractivity contribution in [2.24, 2.45) is 0 Å². The van der Waals surface area contributed by atoms with E-state index in [1.165, 1.54) is 36.8 Å². The van der Waals surface area contributed by atoms with Crippen molar-refractivity contribution in [2.45, 2.75) is 67.2 Å². The van der Waals surface area contributed by atoms with Crippen LogP contribution in [0.15, 0.2) is 97.1 Å². The van der Waals surface area contributed by atoms with Crippen LogP contribution >= 0.6 is 36.4 Å². The number of nitrogens with two attached hydrogens (primary N) is 3. The van der Waals surface area contributed by atoms with Crippen molar-refractivity contribution in [3.05, 3.63) is 119 Å². The van der Waals surface area contributed by atoms with Crippen molar-refractivity contribution >= 4 is 70.3 Å². The van der Waals surface area contributed by atoms with Crippen LogP contribution in [0.3, 0.4) is 0 Å². The van der Waals surface area contributed by atoms with Gasteiger partial charge >= 0.3 is 0 Å². The summed E-state index contributed by atoms with van der Waals surface area (Å²) in [6.07, 6.45) is 6.88. The Bertz CT molecular complexity index is 1310. The van der Waals surface area contributed by atoms with Crippen LogP contribution in [0, 0.1) is 0 Å². The van der Waals surface area contributed by atoms with E-state index in [-0.39, 0.29) is 50.8 Å². The highest BCUT2D eigenvalue weighted by molar-refractivity contribution is 6.67. The van der Waals surface area contributed by atoms with Crippen molar-refractivity contribution in [3.8, 4) is 0 Å². The number of nitrogens with one attached hydrogen (secondary N) is 1. The molecule has 0 radical (unpaired) electrons. The Morgan fingerprint density at radius 3 is 1.24 bits per heavy atom. The summed E-state index contributed by atoms with van der Waals surface area (Å²) in [5, 5.41) is 2.47. The predicted octanol–water partition coefficient (Wildman–Crippen LogP) is 10.2. The first kappa shape index (κ1) is 45.7. The minimum Gasteiger partial charge on any atom is -0.399 e. The minimum atomic E-state index is -0.387. The number of carbonyl (C=O) groups excluding carboxylic acids is 2. The van der Waals surface area contributed by atoms with E-state index in [4.69, 9.17) is 28.8 Å². The maximum absolute atomic E-state index is 12.1. The van der Waals surface area contributed by atoms with E-state index in [0.29, 0.717) is 16.8 Å². The van der Waals surface area contributed by atoms with Gasteiger partial charge in [-0.25, -0.2) is 0 Å². The zero-order valence-corrected chi connectivity index (χ0v) is 27.1. The monoisotopic (exact) mass is 676 g/mol. The third-order valence-corrected chi connectivity index (χ3v) is 6.36. The number of hydrogen-bond donors (Lipinski definition) is 4. The molecule has 0 aliphatic rings. The number of nitrogen functional groups attached to an aromatic ring is 3. The average Bonchev–Trinajstić information content (AvgIpc) is 2.99. The number of unbranched alkanes of at least 4 members (excludes halogenated alkanes) is 2. The first-order chi connectivity index (χ1) is 19.7. The Morgan fingerprint density at radius 2 is 0.911 bits per heavy atom. The molecule has 0 aromatic heterocycles. The number of halogens is 3. The smallest absolute Gasteiger partial charge is 0.255 e. The van der Waals surface area contributed by atoms with Crippen molar-refractivity contribution in [2.75, 3.05) is 22.5 Å². The van der Waals surface area contributed by atoms with Crippen LogP contribution in [0.25, 0.3) is 0 Å². The lowest BCUT2D eigenvalue weighted by atomic mass is 10.1. The first-order valence-corrected chi connectivity index (χ1v) is 14.2. The predicted molar refractivity (Wildman–Crippen MR) is 202 cm³/mol. The summed E-state index contributed by atoms with van der Waals surface area (Å²) in [5.74, 6) is -0.100. The zero-order valence-electron chi connectivity index (χ0n) is 24.7. The zero-order chi connectivity index (χ0) is 30.0. The van der Waals surface area contributed by atoms with Crippen LogP contribution in [-0.4, -0.2) is 11.1 Å². The van der Waals surface area contributed by atoms with Gasteiger partial charge in [-0.05, 0) is 121 Å². The van der Waals surface area contributed by atoms with Crippen molar-refractivity contribution in [1.82, 2.24) is 0 Å². The van der Waals surface area contributed by atoms with Crippen LogP contribution in [-0.2, 0) is 12.8 Å². The number of amides is 1. The Morgan fingerprint density at radius 1 is 0.578 bits per heavy atom. The van der Waals surface area contributed by atoms with Gasteiger partial charge < -0.3 is 22.5 Å². The Balaban J connectivity index is -0.000000614. The molecule has 0 heterocycles. The highest BCUT2D eigenvalue weighted by Gasteiger charge is 2.06. The van der Waals surface area contributed by atoms with Gasteiger partial charge in [-0.2, -0.15) is 0 Å². The van der Waals surface area contributed by atoms with Gasteiger partial charge in [0.15, 0.2) is 0 Å². The highest BCUT2D eigenvalue weighted by Crippen LogP contribution is 2.14. The van der Waals surface area contributed by atoms with E-state index >= 15 is 0 Å². The lowest BCUT2D eigenvalue weighted by molar-refractivity contribution is 0.102. The van der Waals surface area contributed by atoms with Crippen LogP contribution in [0.2, 0.25) is 0 Å². The molecule has 45 heavy (non-hydrogen) atoms. The normalized spacial score (nSPS) is 9.04. The molecule has 4 aromatic rings. The molecule has 6 nitrogen and oxygen atoms in total. The van der Waals surface area contributed by atoms with Gasteiger partial charge in [0.25, 0.3) is 11.1 Å². The van der Waals surface area contributed by atoms with E-state index in [2.05, 4.69) is 19.2 Å². The van der Waals surface area contributed by atoms with Gasteiger partial charge in [0.05, 0.1) is 0 Å². The molecule has 0 bridgehead atoms. The number of carbonyl (C=O) groups is 2. The fourth-order valence-electron chi connectivity index (χ4n) is 3.65. The SMILES string of the molecule is C.C.CCCCc1ccc(C(=O)Cl)cc1.CCCCc1ccc(C(=O)Nc2ccc(N)cc2)cc1.Cl.Cl.Nc1ccc(N)cc1. The van der Waals surface area contributed by atoms with Crippen LogP contribution < -0.4 is 22.5 Å². The number of hydrogen-bond acceptors (Lipinski definition) is 5. The summed E-state index contributed by atoms with van der Waals surface area (Å²) in [6.45, 7) is 4.34. The molecule has 0 aliphatic carbocycles.